The quantitative estimate of drug-likeness (QED) is 0.620. The summed E-state index contributed by atoms with van der Waals surface area (Å²) in [5.41, 5.74) is 9.86. The van der Waals surface area contributed by atoms with E-state index < -0.39 is 0 Å². The fraction of sp³-hybridized carbons (Fsp3) is 0.167. The van der Waals surface area contributed by atoms with Gasteiger partial charge in [0, 0.05) is 18.6 Å². The van der Waals surface area contributed by atoms with Gasteiger partial charge >= 0.3 is 0 Å². The lowest BCUT2D eigenvalue weighted by Crippen LogP contribution is -1.95. The van der Waals surface area contributed by atoms with Gasteiger partial charge in [-0.05, 0) is 30.7 Å². The second kappa shape index (κ2) is 2.95. The number of nitrogens with two attached hydrogens (primary N) is 1. The van der Waals surface area contributed by atoms with Crippen LogP contribution in [0, 0.1) is 6.92 Å². The zero-order chi connectivity index (χ0) is 11.3. The van der Waals surface area contributed by atoms with Crippen molar-refractivity contribution in [1.29, 1.82) is 0 Å². The van der Waals surface area contributed by atoms with Gasteiger partial charge in [-0.15, -0.1) is 0 Å². The summed E-state index contributed by atoms with van der Waals surface area (Å²) in [6, 6.07) is 6.10. The SMILES string of the molecule is Cc1cnc2ccc3c(nc(N)n3C)c2c1. The van der Waals surface area contributed by atoms with E-state index >= 15 is 0 Å². The first-order valence-corrected chi connectivity index (χ1v) is 5.14. The highest BCUT2D eigenvalue weighted by Crippen LogP contribution is 2.25. The molecular weight excluding hydrogens is 200 g/mol. The van der Waals surface area contributed by atoms with E-state index in [4.69, 9.17) is 5.73 Å². The topological polar surface area (TPSA) is 56.7 Å². The Bertz CT molecular complexity index is 697. The molecule has 0 fully saturated rings. The molecule has 0 aliphatic rings. The average Bonchev–Trinajstić information content (AvgIpc) is 2.56. The fourth-order valence-electron chi connectivity index (χ4n) is 1.98. The van der Waals surface area contributed by atoms with Crippen LogP contribution in [0.5, 0.6) is 0 Å². The predicted octanol–water partition coefficient (Wildman–Crippen LogP) is 2.01. The van der Waals surface area contributed by atoms with E-state index in [1.165, 1.54) is 0 Å². The minimum absolute atomic E-state index is 0.531. The molecule has 1 aromatic carbocycles. The number of rotatable bonds is 0. The summed E-state index contributed by atoms with van der Waals surface area (Å²) in [7, 11) is 1.92. The zero-order valence-corrected chi connectivity index (χ0v) is 9.23. The first kappa shape index (κ1) is 9.15. The van der Waals surface area contributed by atoms with E-state index in [9.17, 15) is 0 Å². The third kappa shape index (κ3) is 1.10. The van der Waals surface area contributed by atoms with Crippen molar-refractivity contribution in [2.45, 2.75) is 6.92 Å². The number of fused-ring (bicyclic) bond motifs is 3. The van der Waals surface area contributed by atoms with Crippen LogP contribution in [0.3, 0.4) is 0 Å². The van der Waals surface area contributed by atoms with Gasteiger partial charge in [0.25, 0.3) is 0 Å². The van der Waals surface area contributed by atoms with Crippen LogP contribution in [0.2, 0.25) is 0 Å². The summed E-state index contributed by atoms with van der Waals surface area (Å²) < 4.78 is 1.89. The lowest BCUT2D eigenvalue weighted by atomic mass is 10.1. The molecule has 4 nitrogen and oxygen atoms in total. The van der Waals surface area contributed by atoms with Gasteiger partial charge in [0.2, 0.25) is 5.95 Å². The zero-order valence-electron chi connectivity index (χ0n) is 9.23. The van der Waals surface area contributed by atoms with Crippen molar-refractivity contribution in [3.63, 3.8) is 0 Å². The smallest absolute Gasteiger partial charge is 0.200 e. The molecule has 2 heterocycles. The number of aromatic nitrogens is 3. The van der Waals surface area contributed by atoms with Gasteiger partial charge in [-0.3, -0.25) is 4.98 Å². The van der Waals surface area contributed by atoms with Gasteiger partial charge in [-0.25, -0.2) is 4.98 Å². The van der Waals surface area contributed by atoms with Crippen LogP contribution >= 0.6 is 0 Å². The van der Waals surface area contributed by atoms with E-state index in [1.807, 2.05) is 36.9 Å². The average molecular weight is 212 g/mol. The van der Waals surface area contributed by atoms with Gasteiger partial charge in [-0.1, -0.05) is 0 Å². The van der Waals surface area contributed by atoms with Crippen molar-refractivity contribution in [2.24, 2.45) is 7.05 Å². The van der Waals surface area contributed by atoms with Crippen LogP contribution in [-0.2, 0) is 7.05 Å². The number of nitrogen functional groups attached to an aromatic ring is 1. The van der Waals surface area contributed by atoms with Crippen molar-refractivity contribution in [1.82, 2.24) is 14.5 Å². The van der Waals surface area contributed by atoms with Crippen molar-refractivity contribution in [2.75, 3.05) is 5.73 Å². The molecule has 0 saturated heterocycles. The van der Waals surface area contributed by atoms with Gasteiger partial charge in [0.05, 0.1) is 11.0 Å². The normalized spacial score (nSPS) is 11.4. The Morgan fingerprint density at radius 3 is 2.94 bits per heavy atom. The first-order valence-electron chi connectivity index (χ1n) is 5.14. The summed E-state index contributed by atoms with van der Waals surface area (Å²) in [5.74, 6) is 0.531. The van der Waals surface area contributed by atoms with E-state index in [1.54, 1.807) is 0 Å². The third-order valence-corrected chi connectivity index (χ3v) is 2.88. The Labute approximate surface area is 92.7 Å². The lowest BCUT2D eigenvalue weighted by Gasteiger charge is -2.00. The minimum Gasteiger partial charge on any atom is -0.369 e. The highest BCUT2D eigenvalue weighted by Gasteiger charge is 2.08. The largest absolute Gasteiger partial charge is 0.369 e. The maximum absolute atomic E-state index is 5.81. The molecule has 0 radical (unpaired) electrons. The standard InChI is InChI=1S/C12H12N4/c1-7-5-8-9(14-6-7)3-4-10-11(8)15-12(13)16(10)2/h3-6H,1-2H3,(H2,13,15). The van der Waals surface area contributed by atoms with Crippen LogP contribution in [0.25, 0.3) is 21.9 Å². The number of benzene rings is 1. The molecule has 0 aliphatic heterocycles. The molecule has 3 rings (SSSR count). The summed E-state index contributed by atoms with van der Waals surface area (Å²) in [6.45, 7) is 2.03. The molecule has 4 heteroatoms. The maximum atomic E-state index is 5.81. The lowest BCUT2D eigenvalue weighted by molar-refractivity contribution is 0.965. The molecule has 16 heavy (non-hydrogen) atoms. The number of hydrogen-bond donors (Lipinski definition) is 1. The van der Waals surface area contributed by atoms with E-state index in [-0.39, 0.29) is 0 Å². The van der Waals surface area contributed by atoms with Crippen LogP contribution in [-0.4, -0.2) is 14.5 Å². The molecule has 0 aliphatic carbocycles. The van der Waals surface area contributed by atoms with Crippen LogP contribution in [0.15, 0.2) is 24.4 Å². The van der Waals surface area contributed by atoms with Crippen molar-refractivity contribution in [3.05, 3.63) is 30.0 Å². The maximum Gasteiger partial charge on any atom is 0.200 e. The summed E-state index contributed by atoms with van der Waals surface area (Å²) in [5, 5.41) is 1.06. The molecule has 2 N–H and O–H groups in total. The van der Waals surface area contributed by atoms with E-state index in [0.29, 0.717) is 5.95 Å². The van der Waals surface area contributed by atoms with Crippen LogP contribution in [0.1, 0.15) is 5.56 Å². The minimum atomic E-state index is 0.531. The highest BCUT2D eigenvalue weighted by molar-refractivity contribution is 6.03. The van der Waals surface area contributed by atoms with Gasteiger partial charge in [0.1, 0.15) is 5.52 Å². The van der Waals surface area contributed by atoms with Gasteiger partial charge in [0.15, 0.2) is 0 Å². The first-order chi connectivity index (χ1) is 7.66. The fourth-order valence-corrected chi connectivity index (χ4v) is 1.98. The monoisotopic (exact) mass is 212 g/mol. The Hall–Kier alpha value is -2.10. The molecule has 0 bridgehead atoms. The van der Waals surface area contributed by atoms with Crippen LogP contribution in [0.4, 0.5) is 5.95 Å². The second-order valence-electron chi connectivity index (χ2n) is 4.04. The van der Waals surface area contributed by atoms with Crippen LogP contribution < -0.4 is 5.73 Å². The Balaban J connectivity index is 2.57. The number of pyridine rings is 1. The Morgan fingerprint density at radius 1 is 1.31 bits per heavy atom. The molecule has 2 aromatic heterocycles. The predicted molar refractivity (Wildman–Crippen MR) is 65.2 cm³/mol. The molecule has 0 amide bonds. The number of imidazole rings is 1. The molecular formula is C12H12N4. The van der Waals surface area contributed by atoms with Crippen molar-refractivity contribution < 1.29 is 0 Å². The number of hydrogen-bond acceptors (Lipinski definition) is 3. The number of aryl methyl sites for hydroxylation is 2. The highest BCUT2D eigenvalue weighted by atomic mass is 15.1. The van der Waals surface area contributed by atoms with E-state index in [0.717, 1.165) is 27.5 Å². The summed E-state index contributed by atoms with van der Waals surface area (Å²) >= 11 is 0. The van der Waals surface area contributed by atoms with Gasteiger partial charge < -0.3 is 10.3 Å². The number of anilines is 1. The molecule has 3 aromatic rings. The molecule has 80 valence electrons. The summed E-state index contributed by atoms with van der Waals surface area (Å²) in [6.07, 6.45) is 1.86. The second-order valence-corrected chi connectivity index (χ2v) is 4.04. The number of nitrogens with zero attached hydrogens (tertiary/aromatic N) is 3. The molecule has 0 saturated carbocycles. The van der Waals surface area contributed by atoms with Gasteiger partial charge in [-0.2, -0.15) is 0 Å². The van der Waals surface area contributed by atoms with E-state index in [2.05, 4.69) is 16.0 Å². The molecule has 0 unspecified atom stereocenters. The Morgan fingerprint density at radius 2 is 2.12 bits per heavy atom. The summed E-state index contributed by atoms with van der Waals surface area (Å²) in [4.78, 5) is 8.76. The van der Waals surface area contributed by atoms with Crippen molar-refractivity contribution >= 4 is 27.9 Å². The third-order valence-electron chi connectivity index (χ3n) is 2.88. The molecule has 0 spiro atoms. The van der Waals surface area contributed by atoms with Crippen molar-refractivity contribution in [3.8, 4) is 0 Å². The Kier molecular flexibility index (Phi) is 1.68. The molecule has 0 atom stereocenters.